The molecule has 0 bridgehead atoms. The molecule has 3 amide bonds. The van der Waals surface area contributed by atoms with Crippen LogP contribution in [-0.4, -0.2) is 79.9 Å². The smallest absolute Gasteiger partial charge is 0.255 e. The fraction of sp³-hybridized carbons (Fsp3) is 0.400. The lowest BCUT2D eigenvalue weighted by Crippen LogP contribution is -2.46. The van der Waals surface area contributed by atoms with Crippen molar-refractivity contribution in [2.24, 2.45) is 0 Å². The van der Waals surface area contributed by atoms with Gasteiger partial charge in [-0.1, -0.05) is 63.2 Å². The summed E-state index contributed by atoms with van der Waals surface area (Å²) in [5, 5.41) is 6.41. The Labute approximate surface area is 255 Å². The average Bonchev–Trinajstić information content (AvgIpc) is 3.28. The quantitative estimate of drug-likeness (QED) is 0.446. The molecule has 8 nitrogen and oxygen atoms in total. The molecule has 226 valence electrons. The molecule has 2 aliphatic rings. The van der Waals surface area contributed by atoms with Crippen LogP contribution in [0.2, 0.25) is 0 Å². The summed E-state index contributed by atoms with van der Waals surface area (Å²) in [6, 6.07) is 23.1. The van der Waals surface area contributed by atoms with Gasteiger partial charge in [-0.3, -0.25) is 14.4 Å². The number of hydrogen-bond donors (Lipinski definition) is 2. The SMILES string of the molecule is CC(C)(C)c1ccc(C(=O)Nc2cc(C(=O)N3CCNCC3)ccc2N2CCCN(C(=O)Cc3ccccc3)CC2)cc1. The molecule has 0 unspecified atom stereocenters. The van der Waals surface area contributed by atoms with Crippen LogP contribution >= 0.6 is 0 Å². The third-order valence-corrected chi connectivity index (χ3v) is 8.30. The maximum atomic E-state index is 13.5. The van der Waals surface area contributed by atoms with Crippen molar-refractivity contribution in [3.8, 4) is 0 Å². The van der Waals surface area contributed by atoms with Crippen LogP contribution in [0.1, 0.15) is 59.0 Å². The van der Waals surface area contributed by atoms with E-state index in [4.69, 9.17) is 0 Å². The Balaban J connectivity index is 1.36. The lowest BCUT2D eigenvalue weighted by atomic mass is 9.86. The van der Waals surface area contributed by atoms with E-state index in [9.17, 15) is 14.4 Å². The summed E-state index contributed by atoms with van der Waals surface area (Å²) in [6.07, 6.45) is 1.20. The molecule has 0 saturated carbocycles. The van der Waals surface area contributed by atoms with Gasteiger partial charge in [-0.2, -0.15) is 0 Å². The minimum atomic E-state index is -0.219. The van der Waals surface area contributed by atoms with Crippen LogP contribution in [0, 0.1) is 0 Å². The average molecular weight is 582 g/mol. The molecular formula is C35H43N5O3. The van der Waals surface area contributed by atoms with Gasteiger partial charge < -0.3 is 25.3 Å². The van der Waals surface area contributed by atoms with Crippen LogP contribution in [0.3, 0.4) is 0 Å². The Bertz CT molecular complexity index is 1430. The topological polar surface area (TPSA) is 85.0 Å². The third kappa shape index (κ3) is 7.62. The molecule has 0 aliphatic carbocycles. The van der Waals surface area contributed by atoms with Crippen molar-refractivity contribution >= 4 is 29.1 Å². The molecule has 5 rings (SSSR count). The lowest BCUT2D eigenvalue weighted by Gasteiger charge is -2.29. The van der Waals surface area contributed by atoms with E-state index in [0.29, 0.717) is 56.0 Å². The van der Waals surface area contributed by atoms with Crippen molar-refractivity contribution < 1.29 is 14.4 Å². The molecule has 2 fully saturated rings. The zero-order chi connectivity index (χ0) is 30.4. The predicted octanol–water partition coefficient (Wildman–Crippen LogP) is 4.56. The molecule has 3 aromatic carbocycles. The summed E-state index contributed by atoms with van der Waals surface area (Å²) in [5.41, 5.74) is 4.74. The van der Waals surface area contributed by atoms with Crippen LogP contribution in [0.25, 0.3) is 0 Å². The second kappa shape index (κ2) is 13.4. The zero-order valence-corrected chi connectivity index (χ0v) is 25.6. The van der Waals surface area contributed by atoms with Gasteiger partial charge in [0.25, 0.3) is 11.8 Å². The normalized spacial score (nSPS) is 16.0. The lowest BCUT2D eigenvalue weighted by molar-refractivity contribution is -0.130. The first-order valence-electron chi connectivity index (χ1n) is 15.3. The standard InChI is InChI=1S/C35H43N5O3/c1-35(2,3)29-13-10-27(11-14-29)33(42)37-30-25-28(34(43)40-20-16-36-17-21-40)12-15-31(30)38-18-7-19-39(23-22-38)32(41)24-26-8-5-4-6-9-26/h4-6,8-15,25,36H,7,16-24H2,1-3H3,(H,37,42). The molecule has 0 aromatic heterocycles. The van der Waals surface area contributed by atoms with Crippen molar-refractivity contribution in [1.82, 2.24) is 15.1 Å². The van der Waals surface area contributed by atoms with Gasteiger partial charge in [0.05, 0.1) is 17.8 Å². The van der Waals surface area contributed by atoms with Gasteiger partial charge in [-0.05, 0) is 53.3 Å². The van der Waals surface area contributed by atoms with Gasteiger partial charge in [0, 0.05) is 63.5 Å². The van der Waals surface area contributed by atoms with Crippen LogP contribution < -0.4 is 15.5 Å². The number of hydrogen-bond acceptors (Lipinski definition) is 5. The van der Waals surface area contributed by atoms with Gasteiger partial charge in [0.2, 0.25) is 5.91 Å². The van der Waals surface area contributed by atoms with E-state index >= 15 is 0 Å². The highest BCUT2D eigenvalue weighted by atomic mass is 16.2. The summed E-state index contributed by atoms with van der Waals surface area (Å²) in [5.74, 6) is -0.133. The van der Waals surface area contributed by atoms with E-state index in [1.807, 2.05) is 82.6 Å². The number of carbonyl (C=O) groups excluding carboxylic acids is 3. The van der Waals surface area contributed by atoms with Gasteiger partial charge in [0.15, 0.2) is 0 Å². The maximum absolute atomic E-state index is 13.5. The van der Waals surface area contributed by atoms with Crippen molar-refractivity contribution in [1.29, 1.82) is 0 Å². The molecule has 2 heterocycles. The molecule has 0 radical (unpaired) electrons. The Kier molecular flexibility index (Phi) is 9.46. The number of anilines is 2. The van der Waals surface area contributed by atoms with E-state index < -0.39 is 0 Å². The molecule has 0 spiro atoms. The summed E-state index contributed by atoms with van der Waals surface area (Å²) >= 11 is 0. The largest absolute Gasteiger partial charge is 0.368 e. The maximum Gasteiger partial charge on any atom is 0.255 e. The number of piperazine rings is 1. The minimum Gasteiger partial charge on any atom is -0.368 e. The summed E-state index contributed by atoms with van der Waals surface area (Å²) in [6.45, 7) is 11.9. The van der Waals surface area contributed by atoms with Gasteiger partial charge in [-0.15, -0.1) is 0 Å². The first-order valence-corrected chi connectivity index (χ1v) is 15.3. The molecule has 43 heavy (non-hydrogen) atoms. The molecule has 2 aliphatic heterocycles. The number of carbonyl (C=O) groups is 3. The first-order chi connectivity index (χ1) is 20.7. The molecule has 2 saturated heterocycles. The fourth-order valence-electron chi connectivity index (χ4n) is 5.70. The third-order valence-electron chi connectivity index (χ3n) is 8.30. The second-order valence-electron chi connectivity index (χ2n) is 12.4. The summed E-state index contributed by atoms with van der Waals surface area (Å²) in [4.78, 5) is 46.0. The van der Waals surface area contributed by atoms with Crippen LogP contribution in [0.4, 0.5) is 11.4 Å². The number of amides is 3. The Hall–Kier alpha value is -4.17. The van der Waals surface area contributed by atoms with Crippen molar-refractivity contribution in [2.75, 3.05) is 62.6 Å². The number of rotatable bonds is 6. The Morgan fingerprint density at radius 3 is 2.16 bits per heavy atom. The Morgan fingerprint density at radius 2 is 1.47 bits per heavy atom. The summed E-state index contributed by atoms with van der Waals surface area (Å²) in [7, 11) is 0. The highest BCUT2D eigenvalue weighted by molar-refractivity contribution is 6.07. The second-order valence-corrected chi connectivity index (χ2v) is 12.4. The number of nitrogens with one attached hydrogen (secondary N) is 2. The molecule has 0 atom stereocenters. The van der Waals surface area contributed by atoms with E-state index in [-0.39, 0.29) is 23.1 Å². The fourth-order valence-corrected chi connectivity index (χ4v) is 5.70. The van der Waals surface area contributed by atoms with Crippen molar-refractivity contribution in [3.05, 3.63) is 95.1 Å². The van der Waals surface area contributed by atoms with Crippen molar-refractivity contribution in [3.63, 3.8) is 0 Å². The van der Waals surface area contributed by atoms with E-state index in [0.717, 1.165) is 42.9 Å². The molecule has 3 aromatic rings. The predicted molar refractivity (Wildman–Crippen MR) is 172 cm³/mol. The minimum absolute atomic E-state index is 0.00995. The summed E-state index contributed by atoms with van der Waals surface area (Å²) < 4.78 is 0. The molecular weight excluding hydrogens is 538 g/mol. The molecule has 8 heteroatoms. The van der Waals surface area contributed by atoms with Crippen LogP contribution in [-0.2, 0) is 16.6 Å². The van der Waals surface area contributed by atoms with Gasteiger partial charge in [0.1, 0.15) is 0 Å². The van der Waals surface area contributed by atoms with Crippen molar-refractivity contribution in [2.45, 2.75) is 39.0 Å². The Morgan fingerprint density at radius 1 is 0.767 bits per heavy atom. The van der Waals surface area contributed by atoms with Crippen LogP contribution in [0.5, 0.6) is 0 Å². The monoisotopic (exact) mass is 581 g/mol. The van der Waals surface area contributed by atoms with E-state index in [2.05, 4.69) is 36.3 Å². The number of nitrogens with zero attached hydrogens (tertiary/aromatic N) is 3. The first kappa shape index (κ1) is 30.3. The van der Waals surface area contributed by atoms with Crippen LogP contribution in [0.15, 0.2) is 72.8 Å². The molecule has 2 N–H and O–H groups in total. The highest BCUT2D eigenvalue weighted by Gasteiger charge is 2.24. The van der Waals surface area contributed by atoms with Gasteiger partial charge >= 0.3 is 0 Å². The zero-order valence-electron chi connectivity index (χ0n) is 25.6. The van der Waals surface area contributed by atoms with E-state index in [1.165, 1.54) is 0 Å². The highest BCUT2D eigenvalue weighted by Crippen LogP contribution is 2.30. The number of benzene rings is 3. The van der Waals surface area contributed by atoms with E-state index in [1.54, 1.807) is 0 Å². The van der Waals surface area contributed by atoms with Gasteiger partial charge in [-0.25, -0.2) is 0 Å².